The van der Waals surface area contributed by atoms with E-state index in [1.165, 1.54) is 12.3 Å². The van der Waals surface area contributed by atoms with Crippen LogP contribution < -0.4 is 0 Å². The molecule has 4 nitrogen and oxygen atoms in total. The zero-order chi connectivity index (χ0) is 17.2. The number of halogens is 3. The Morgan fingerprint density at radius 2 is 1.79 bits per heavy atom. The van der Waals surface area contributed by atoms with Crippen molar-refractivity contribution in [3.8, 4) is 0 Å². The predicted molar refractivity (Wildman–Crippen MR) is 86.6 cm³/mol. The van der Waals surface area contributed by atoms with E-state index in [-0.39, 0.29) is 12.1 Å². The van der Waals surface area contributed by atoms with E-state index >= 15 is 0 Å². The molecule has 3 rings (SSSR count). The molecule has 0 N–H and O–H groups in total. The Bertz CT molecular complexity index is 678. The molecule has 0 unspecified atom stereocenters. The molecule has 0 amide bonds. The summed E-state index contributed by atoms with van der Waals surface area (Å²) in [4.78, 5) is 12.3. The molecule has 2 aromatic heterocycles. The molecular weight excluding hydrogens is 337 g/mol. The largest absolute Gasteiger partial charge is 0.433 e. The van der Waals surface area contributed by atoms with Crippen LogP contribution in [0.15, 0.2) is 23.7 Å². The highest BCUT2D eigenvalue weighted by Gasteiger charge is 2.35. The Balaban J connectivity index is 1.56. The summed E-state index contributed by atoms with van der Waals surface area (Å²) in [6.07, 6.45) is -3.21. The zero-order valence-corrected chi connectivity index (χ0v) is 14.2. The number of hydrogen-bond acceptors (Lipinski definition) is 5. The highest BCUT2D eigenvalue weighted by molar-refractivity contribution is 7.09. The third-order valence-electron chi connectivity index (χ3n) is 4.07. The summed E-state index contributed by atoms with van der Waals surface area (Å²) in [6.45, 7) is 6.23. The Labute approximate surface area is 142 Å². The molecule has 8 heteroatoms. The smallest absolute Gasteiger partial charge is 0.296 e. The maximum absolute atomic E-state index is 13.0. The Kier molecular flexibility index (Phi) is 5.17. The SMILES string of the molecule is Cc1nc(CN2CCN(Cc3cccnc3C(F)(F)F)CC2)cs1. The fraction of sp³-hybridized carbons (Fsp3) is 0.500. The van der Waals surface area contributed by atoms with Crippen molar-refractivity contribution in [2.45, 2.75) is 26.2 Å². The van der Waals surface area contributed by atoms with Crippen molar-refractivity contribution in [3.05, 3.63) is 45.7 Å². The molecule has 0 saturated carbocycles. The molecule has 130 valence electrons. The van der Waals surface area contributed by atoms with Crippen LogP contribution in [0.5, 0.6) is 0 Å². The maximum Gasteiger partial charge on any atom is 0.433 e. The molecule has 24 heavy (non-hydrogen) atoms. The van der Waals surface area contributed by atoms with Crippen LogP contribution >= 0.6 is 11.3 Å². The Hall–Kier alpha value is -1.51. The van der Waals surface area contributed by atoms with Crippen molar-refractivity contribution >= 4 is 11.3 Å². The highest BCUT2D eigenvalue weighted by atomic mass is 32.1. The van der Waals surface area contributed by atoms with Gasteiger partial charge in [-0.1, -0.05) is 6.07 Å². The second kappa shape index (κ2) is 7.16. The van der Waals surface area contributed by atoms with Gasteiger partial charge >= 0.3 is 6.18 Å². The minimum absolute atomic E-state index is 0.244. The molecule has 0 radical (unpaired) electrons. The molecule has 1 aliphatic heterocycles. The minimum Gasteiger partial charge on any atom is -0.296 e. The van der Waals surface area contributed by atoms with E-state index in [0.717, 1.165) is 43.4 Å². The van der Waals surface area contributed by atoms with E-state index in [1.54, 1.807) is 17.4 Å². The van der Waals surface area contributed by atoms with E-state index < -0.39 is 11.9 Å². The number of nitrogens with zero attached hydrogens (tertiary/aromatic N) is 4. The number of hydrogen-bond donors (Lipinski definition) is 0. The molecule has 0 aromatic carbocycles. The number of aryl methyl sites for hydroxylation is 1. The van der Waals surface area contributed by atoms with Gasteiger partial charge in [0, 0.05) is 50.8 Å². The molecule has 1 fully saturated rings. The van der Waals surface area contributed by atoms with E-state index in [1.807, 2.05) is 6.92 Å². The van der Waals surface area contributed by atoms with Gasteiger partial charge in [-0.25, -0.2) is 4.98 Å². The van der Waals surface area contributed by atoms with Gasteiger partial charge in [-0.15, -0.1) is 11.3 Å². The maximum atomic E-state index is 13.0. The number of thiazole rings is 1. The van der Waals surface area contributed by atoms with Gasteiger partial charge in [0.15, 0.2) is 0 Å². The van der Waals surface area contributed by atoms with Gasteiger partial charge in [-0.3, -0.25) is 14.8 Å². The molecule has 1 saturated heterocycles. The summed E-state index contributed by atoms with van der Waals surface area (Å²) in [5, 5.41) is 3.12. The second-order valence-electron chi connectivity index (χ2n) is 5.92. The first-order valence-electron chi connectivity index (χ1n) is 7.78. The Morgan fingerprint density at radius 3 is 2.38 bits per heavy atom. The number of piperazine rings is 1. The monoisotopic (exact) mass is 356 g/mol. The summed E-state index contributed by atoms with van der Waals surface area (Å²) < 4.78 is 39.0. The lowest BCUT2D eigenvalue weighted by Gasteiger charge is -2.34. The summed E-state index contributed by atoms with van der Waals surface area (Å²) in [5.41, 5.74) is 0.538. The van der Waals surface area contributed by atoms with E-state index in [9.17, 15) is 13.2 Å². The summed E-state index contributed by atoms with van der Waals surface area (Å²) >= 11 is 1.64. The minimum atomic E-state index is -4.40. The third-order valence-corrected chi connectivity index (χ3v) is 4.89. The van der Waals surface area contributed by atoms with Gasteiger partial charge in [-0.2, -0.15) is 13.2 Å². The zero-order valence-electron chi connectivity index (χ0n) is 13.4. The second-order valence-corrected chi connectivity index (χ2v) is 6.98. The molecular formula is C16H19F3N4S. The van der Waals surface area contributed by atoms with Crippen LogP contribution in [0.25, 0.3) is 0 Å². The first-order chi connectivity index (χ1) is 11.4. The molecule has 1 aliphatic rings. The van der Waals surface area contributed by atoms with Crippen molar-refractivity contribution in [1.82, 2.24) is 19.8 Å². The molecule has 0 bridgehead atoms. The van der Waals surface area contributed by atoms with E-state index in [2.05, 4.69) is 25.1 Å². The third kappa shape index (κ3) is 4.31. The lowest BCUT2D eigenvalue weighted by Crippen LogP contribution is -2.45. The predicted octanol–water partition coefficient (Wildman–Crippen LogP) is 3.18. The standard InChI is InChI=1S/C16H19F3N4S/c1-12-21-14(11-24-12)10-23-7-5-22(6-8-23)9-13-3-2-4-20-15(13)16(17,18)19/h2-4,11H,5-10H2,1H3. The van der Waals surface area contributed by atoms with Crippen molar-refractivity contribution < 1.29 is 13.2 Å². The molecule has 0 aliphatic carbocycles. The molecule has 3 heterocycles. The summed E-state index contributed by atoms with van der Waals surface area (Å²) in [5.74, 6) is 0. The Morgan fingerprint density at radius 1 is 1.12 bits per heavy atom. The number of pyridine rings is 1. The van der Waals surface area contributed by atoms with Crippen molar-refractivity contribution in [1.29, 1.82) is 0 Å². The van der Waals surface area contributed by atoms with E-state index in [0.29, 0.717) is 0 Å². The average molecular weight is 356 g/mol. The number of alkyl halides is 3. The first-order valence-corrected chi connectivity index (χ1v) is 8.66. The van der Waals surface area contributed by atoms with Gasteiger partial charge in [0.25, 0.3) is 0 Å². The fourth-order valence-electron chi connectivity index (χ4n) is 2.88. The van der Waals surface area contributed by atoms with Crippen LogP contribution in [0.2, 0.25) is 0 Å². The molecule has 2 aromatic rings. The number of rotatable bonds is 4. The van der Waals surface area contributed by atoms with Crippen LogP contribution in [0, 0.1) is 6.92 Å². The van der Waals surface area contributed by atoms with Gasteiger partial charge < -0.3 is 0 Å². The van der Waals surface area contributed by atoms with Crippen LogP contribution in [0.3, 0.4) is 0 Å². The molecule has 0 atom stereocenters. The fourth-order valence-corrected chi connectivity index (χ4v) is 3.48. The lowest BCUT2D eigenvalue weighted by molar-refractivity contribution is -0.142. The summed E-state index contributed by atoms with van der Waals surface area (Å²) in [7, 11) is 0. The van der Waals surface area contributed by atoms with Crippen molar-refractivity contribution in [2.75, 3.05) is 26.2 Å². The van der Waals surface area contributed by atoms with Crippen LogP contribution in [-0.2, 0) is 19.3 Å². The quantitative estimate of drug-likeness (QED) is 0.842. The summed E-state index contributed by atoms with van der Waals surface area (Å²) in [6, 6.07) is 3.08. The highest BCUT2D eigenvalue weighted by Crippen LogP contribution is 2.30. The van der Waals surface area contributed by atoms with Crippen LogP contribution in [-0.4, -0.2) is 45.9 Å². The van der Waals surface area contributed by atoms with Crippen LogP contribution in [0.1, 0.15) is 22.0 Å². The van der Waals surface area contributed by atoms with Gasteiger partial charge in [0.05, 0.1) is 10.7 Å². The van der Waals surface area contributed by atoms with Crippen LogP contribution in [0.4, 0.5) is 13.2 Å². The van der Waals surface area contributed by atoms with Gasteiger partial charge in [0.2, 0.25) is 0 Å². The van der Waals surface area contributed by atoms with Crippen molar-refractivity contribution in [3.63, 3.8) is 0 Å². The van der Waals surface area contributed by atoms with Gasteiger partial charge in [0.1, 0.15) is 5.69 Å². The topological polar surface area (TPSA) is 32.3 Å². The number of aromatic nitrogens is 2. The average Bonchev–Trinajstić information content (AvgIpc) is 2.94. The normalized spacial score (nSPS) is 17.3. The van der Waals surface area contributed by atoms with E-state index in [4.69, 9.17) is 0 Å². The van der Waals surface area contributed by atoms with Gasteiger partial charge in [-0.05, 0) is 18.6 Å². The van der Waals surface area contributed by atoms with Crippen molar-refractivity contribution in [2.24, 2.45) is 0 Å². The first kappa shape index (κ1) is 17.3. The lowest BCUT2D eigenvalue weighted by atomic mass is 10.1. The molecule has 0 spiro atoms.